The molecule has 0 aliphatic heterocycles. The zero-order valence-electron chi connectivity index (χ0n) is 9.00. The van der Waals surface area contributed by atoms with Crippen LogP contribution in [0.3, 0.4) is 0 Å². The van der Waals surface area contributed by atoms with Gasteiger partial charge in [-0.2, -0.15) is 0 Å². The molecule has 0 N–H and O–H groups in total. The lowest BCUT2D eigenvalue weighted by Crippen LogP contribution is -1.98. The lowest BCUT2D eigenvalue weighted by molar-refractivity contribution is -0.140. The van der Waals surface area contributed by atoms with Crippen molar-refractivity contribution < 1.29 is 9.53 Å². The Balaban J connectivity index is 3.16. The van der Waals surface area contributed by atoms with Gasteiger partial charge in [0.25, 0.3) is 0 Å². The highest BCUT2D eigenvalue weighted by Crippen LogP contribution is 2.02. The fraction of sp³-hybridized carbons (Fsp3) is 0.583. The molecule has 0 radical (unpaired) electrons. The molecular weight excluding hydrogens is 176 g/mol. The quantitative estimate of drug-likeness (QED) is 0.338. The van der Waals surface area contributed by atoms with E-state index in [4.69, 9.17) is 0 Å². The van der Waals surface area contributed by atoms with Gasteiger partial charge in [0, 0.05) is 6.42 Å². The highest BCUT2D eigenvalue weighted by Gasteiger charge is 1.97. The van der Waals surface area contributed by atoms with Crippen molar-refractivity contribution in [3.63, 3.8) is 0 Å². The number of hydrogen-bond donors (Lipinski definition) is 0. The summed E-state index contributed by atoms with van der Waals surface area (Å²) in [7, 11) is 1.43. The number of methoxy groups -OCH3 is 1. The van der Waals surface area contributed by atoms with Crippen LogP contribution in [0.5, 0.6) is 0 Å². The largest absolute Gasteiger partial charge is 0.469 e. The van der Waals surface area contributed by atoms with Gasteiger partial charge in [0.15, 0.2) is 0 Å². The van der Waals surface area contributed by atoms with Gasteiger partial charge in [-0.3, -0.25) is 4.79 Å². The smallest absolute Gasteiger partial charge is 0.305 e. The summed E-state index contributed by atoms with van der Waals surface area (Å²) >= 11 is 0. The van der Waals surface area contributed by atoms with E-state index in [1.54, 1.807) is 0 Å². The van der Waals surface area contributed by atoms with Crippen LogP contribution in [0.4, 0.5) is 0 Å². The highest BCUT2D eigenvalue weighted by molar-refractivity contribution is 5.68. The minimum atomic E-state index is -0.111. The second-order valence-corrected chi connectivity index (χ2v) is 3.16. The lowest BCUT2D eigenvalue weighted by Gasteiger charge is -1.96. The molecule has 0 atom stereocenters. The van der Waals surface area contributed by atoms with Gasteiger partial charge in [-0.1, -0.05) is 18.2 Å². The van der Waals surface area contributed by atoms with Crippen LogP contribution in [0.2, 0.25) is 0 Å². The summed E-state index contributed by atoms with van der Waals surface area (Å²) in [6.07, 6.45) is 11.9. The number of rotatable bonds is 8. The molecule has 0 spiro atoms. The molecule has 14 heavy (non-hydrogen) atoms. The van der Waals surface area contributed by atoms with Gasteiger partial charge in [0.05, 0.1) is 7.11 Å². The average Bonchev–Trinajstić information content (AvgIpc) is 2.21. The lowest BCUT2D eigenvalue weighted by atomic mass is 10.2. The third-order valence-electron chi connectivity index (χ3n) is 1.93. The summed E-state index contributed by atoms with van der Waals surface area (Å²) in [5.74, 6) is -0.111. The number of esters is 1. The number of carbonyl (C=O) groups is 1. The molecule has 2 heteroatoms. The number of unbranched alkanes of at least 4 members (excludes halogenated alkanes) is 3. The molecule has 0 unspecified atom stereocenters. The van der Waals surface area contributed by atoms with E-state index in [-0.39, 0.29) is 5.97 Å². The zero-order valence-corrected chi connectivity index (χ0v) is 9.00. The van der Waals surface area contributed by atoms with E-state index >= 15 is 0 Å². The Morgan fingerprint density at radius 3 is 2.57 bits per heavy atom. The van der Waals surface area contributed by atoms with Crippen molar-refractivity contribution in [1.29, 1.82) is 0 Å². The summed E-state index contributed by atoms with van der Waals surface area (Å²) in [5.41, 5.74) is 0. The highest BCUT2D eigenvalue weighted by atomic mass is 16.5. The SMILES string of the molecule is C=CCC/C=C/CCCCC(=O)OC. The normalized spacial score (nSPS) is 10.4. The minimum Gasteiger partial charge on any atom is -0.469 e. The molecule has 0 amide bonds. The Kier molecular flexibility index (Phi) is 9.28. The van der Waals surface area contributed by atoms with Crippen LogP contribution in [-0.4, -0.2) is 13.1 Å². The predicted molar refractivity (Wildman–Crippen MR) is 59.1 cm³/mol. The van der Waals surface area contributed by atoms with Gasteiger partial charge >= 0.3 is 5.97 Å². The van der Waals surface area contributed by atoms with E-state index in [1.165, 1.54) is 7.11 Å². The fourth-order valence-corrected chi connectivity index (χ4v) is 1.08. The molecule has 0 aliphatic carbocycles. The molecule has 0 fully saturated rings. The first kappa shape index (κ1) is 12.9. The molecular formula is C12H20O2. The second-order valence-electron chi connectivity index (χ2n) is 3.16. The zero-order chi connectivity index (χ0) is 10.6. The van der Waals surface area contributed by atoms with Crippen LogP contribution in [0.25, 0.3) is 0 Å². The Morgan fingerprint density at radius 2 is 1.93 bits per heavy atom. The Bertz CT molecular complexity index is 183. The van der Waals surface area contributed by atoms with Gasteiger partial charge < -0.3 is 4.74 Å². The van der Waals surface area contributed by atoms with E-state index in [1.807, 2.05) is 6.08 Å². The van der Waals surface area contributed by atoms with E-state index in [2.05, 4.69) is 23.5 Å². The van der Waals surface area contributed by atoms with E-state index in [0.29, 0.717) is 6.42 Å². The van der Waals surface area contributed by atoms with Gasteiger partial charge in [0.1, 0.15) is 0 Å². The van der Waals surface area contributed by atoms with Crippen molar-refractivity contribution in [3.8, 4) is 0 Å². The predicted octanol–water partition coefficient (Wildman–Crippen LogP) is 3.24. The molecule has 0 aromatic rings. The molecule has 0 saturated carbocycles. The van der Waals surface area contributed by atoms with Gasteiger partial charge in [-0.05, 0) is 32.1 Å². The van der Waals surface area contributed by atoms with Gasteiger partial charge in [0.2, 0.25) is 0 Å². The fourth-order valence-electron chi connectivity index (χ4n) is 1.08. The minimum absolute atomic E-state index is 0.111. The summed E-state index contributed by atoms with van der Waals surface area (Å²) in [5, 5.41) is 0. The standard InChI is InChI=1S/C12H20O2/c1-3-4-5-6-7-8-9-10-11-12(13)14-2/h3,6-7H,1,4-5,8-11H2,2H3/b7-6+. The van der Waals surface area contributed by atoms with Gasteiger partial charge in [-0.25, -0.2) is 0 Å². The molecule has 0 heterocycles. The monoisotopic (exact) mass is 196 g/mol. The molecule has 2 nitrogen and oxygen atoms in total. The third kappa shape index (κ3) is 9.04. The average molecular weight is 196 g/mol. The molecule has 0 aliphatic rings. The maximum absolute atomic E-state index is 10.7. The first-order valence-corrected chi connectivity index (χ1v) is 5.14. The van der Waals surface area contributed by atoms with Crippen molar-refractivity contribution in [2.24, 2.45) is 0 Å². The Labute approximate surface area is 86.6 Å². The number of ether oxygens (including phenoxy) is 1. The van der Waals surface area contributed by atoms with Crippen LogP contribution < -0.4 is 0 Å². The molecule has 0 bridgehead atoms. The van der Waals surface area contributed by atoms with Crippen LogP contribution in [0.1, 0.15) is 38.5 Å². The van der Waals surface area contributed by atoms with Gasteiger partial charge in [-0.15, -0.1) is 6.58 Å². The maximum atomic E-state index is 10.7. The summed E-state index contributed by atoms with van der Waals surface area (Å²) < 4.78 is 4.54. The molecule has 0 rings (SSSR count). The van der Waals surface area contributed by atoms with E-state index < -0.39 is 0 Å². The van der Waals surface area contributed by atoms with Crippen LogP contribution in [0.15, 0.2) is 24.8 Å². The molecule has 80 valence electrons. The van der Waals surface area contributed by atoms with Crippen molar-refractivity contribution in [3.05, 3.63) is 24.8 Å². The first-order chi connectivity index (χ1) is 6.81. The van der Waals surface area contributed by atoms with E-state index in [9.17, 15) is 4.79 Å². The molecule has 0 aromatic heterocycles. The summed E-state index contributed by atoms with van der Waals surface area (Å²) in [4.78, 5) is 10.7. The maximum Gasteiger partial charge on any atom is 0.305 e. The van der Waals surface area contributed by atoms with Crippen LogP contribution in [0, 0.1) is 0 Å². The van der Waals surface area contributed by atoms with Crippen LogP contribution in [-0.2, 0) is 9.53 Å². The summed E-state index contributed by atoms with van der Waals surface area (Å²) in [6, 6.07) is 0. The Hall–Kier alpha value is -1.05. The number of hydrogen-bond acceptors (Lipinski definition) is 2. The molecule has 0 saturated heterocycles. The van der Waals surface area contributed by atoms with Crippen molar-refractivity contribution in [1.82, 2.24) is 0 Å². The van der Waals surface area contributed by atoms with Crippen molar-refractivity contribution in [2.75, 3.05) is 7.11 Å². The third-order valence-corrected chi connectivity index (χ3v) is 1.93. The topological polar surface area (TPSA) is 26.3 Å². The second kappa shape index (κ2) is 10.0. The number of allylic oxidation sites excluding steroid dienone is 3. The molecule has 0 aromatic carbocycles. The van der Waals surface area contributed by atoms with Crippen LogP contribution >= 0.6 is 0 Å². The van der Waals surface area contributed by atoms with E-state index in [0.717, 1.165) is 32.1 Å². The first-order valence-electron chi connectivity index (χ1n) is 5.14. The summed E-state index contributed by atoms with van der Waals surface area (Å²) in [6.45, 7) is 3.65. The number of carbonyl (C=O) groups excluding carboxylic acids is 1. The van der Waals surface area contributed by atoms with Crippen molar-refractivity contribution in [2.45, 2.75) is 38.5 Å². The Morgan fingerprint density at radius 1 is 1.21 bits per heavy atom. The van der Waals surface area contributed by atoms with Crippen molar-refractivity contribution >= 4 is 5.97 Å².